The third kappa shape index (κ3) is 4.75. The number of carbonyl (C=O) groups is 2. The second-order valence-electron chi connectivity index (χ2n) is 4.72. The van der Waals surface area contributed by atoms with Gasteiger partial charge in [-0.3, -0.25) is 0 Å². The second-order valence-corrected chi connectivity index (χ2v) is 4.72. The number of ether oxygens (including phenoxy) is 1. The van der Waals surface area contributed by atoms with Crippen molar-refractivity contribution in [2.45, 2.75) is 25.9 Å². The zero-order valence-corrected chi connectivity index (χ0v) is 12.6. The number of likely N-dealkylation sites (N-methyl/N-ethyl adjacent to an activating group) is 1. The molecule has 0 aliphatic rings. The summed E-state index contributed by atoms with van der Waals surface area (Å²) >= 11 is 0. The Labute approximate surface area is 124 Å². The van der Waals surface area contributed by atoms with Crippen molar-refractivity contribution in [2.24, 2.45) is 0 Å². The van der Waals surface area contributed by atoms with Crippen LogP contribution < -0.4 is 5.32 Å². The van der Waals surface area contributed by atoms with Crippen LogP contribution in [0.2, 0.25) is 0 Å². The third-order valence-corrected chi connectivity index (χ3v) is 3.19. The Kier molecular flexibility index (Phi) is 6.68. The van der Waals surface area contributed by atoms with Gasteiger partial charge in [0.2, 0.25) is 0 Å². The predicted octanol–water partition coefficient (Wildman–Crippen LogP) is 1.88. The average molecular weight is 294 g/mol. The second kappa shape index (κ2) is 8.26. The van der Waals surface area contributed by atoms with E-state index in [9.17, 15) is 14.7 Å². The molecule has 0 aliphatic heterocycles. The summed E-state index contributed by atoms with van der Waals surface area (Å²) in [4.78, 5) is 25.2. The van der Waals surface area contributed by atoms with Crippen molar-refractivity contribution >= 4 is 12.0 Å². The van der Waals surface area contributed by atoms with Crippen LogP contribution in [0.1, 0.15) is 25.5 Å². The van der Waals surface area contributed by atoms with Crippen molar-refractivity contribution in [2.75, 3.05) is 20.3 Å². The standard InChI is InChI=1S/C15H22N2O4/c1-4-17(11(2)10-21-3)15(20)16-13(14(18)19)12-8-6-5-7-9-12/h5-9,11,13H,4,10H2,1-3H3,(H,16,20)(H,18,19)/t11?,13-/m1/s1. The van der Waals surface area contributed by atoms with Gasteiger partial charge in [-0.05, 0) is 19.4 Å². The third-order valence-electron chi connectivity index (χ3n) is 3.19. The zero-order valence-electron chi connectivity index (χ0n) is 12.6. The van der Waals surface area contributed by atoms with E-state index in [1.807, 2.05) is 13.8 Å². The molecule has 2 N–H and O–H groups in total. The molecule has 0 spiro atoms. The summed E-state index contributed by atoms with van der Waals surface area (Å²) in [5.74, 6) is -1.09. The lowest BCUT2D eigenvalue weighted by Crippen LogP contribution is -2.48. The highest BCUT2D eigenvalue weighted by molar-refractivity contribution is 5.83. The van der Waals surface area contributed by atoms with Gasteiger partial charge in [-0.15, -0.1) is 0 Å². The molecule has 0 heterocycles. The highest BCUT2D eigenvalue weighted by Gasteiger charge is 2.26. The SMILES string of the molecule is CCN(C(=O)N[C@@H](C(=O)O)c1ccccc1)C(C)COC. The summed E-state index contributed by atoms with van der Waals surface area (Å²) < 4.78 is 5.04. The van der Waals surface area contributed by atoms with Crippen LogP contribution in [0.4, 0.5) is 4.79 Å². The van der Waals surface area contributed by atoms with Crippen LogP contribution in [0, 0.1) is 0 Å². The molecule has 116 valence electrons. The van der Waals surface area contributed by atoms with Crippen molar-refractivity contribution in [1.82, 2.24) is 10.2 Å². The number of benzene rings is 1. The van der Waals surface area contributed by atoms with Crippen LogP contribution in [0.5, 0.6) is 0 Å². The minimum Gasteiger partial charge on any atom is -0.479 e. The first kappa shape index (κ1) is 17.0. The lowest BCUT2D eigenvalue weighted by atomic mass is 10.1. The van der Waals surface area contributed by atoms with E-state index in [1.165, 1.54) is 0 Å². The first-order chi connectivity index (χ1) is 10.0. The molecular formula is C15H22N2O4. The zero-order chi connectivity index (χ0) is 15.8. The van der Waals surface area contributed by atoms with Gasteiger partial charge in [-0.1, -0.05) is 30.3 Å². The van der Waals surface area contributed by atoms with Gasteiger partial charge in [0.05, 0.1) is 12.6 Å². The van der Waals surface area contributed by atoms with Crippen LogP contribution in [0.25, 0.3) is 0 Å². The number of carboxylic acid groups (broad SMARTS) is 1. The molecule has 0 radical (unpaired) electrons. The normalized spacial score (nSPS) is 13.3. The van der Waals surface area contributed by atoms with E-state index in [-0.39, 0.29) is 6.04 Å². The van der Waals surface area contributed by atoms with E-state index < -0.39 is 18.0 Å². The highest BCUT2D eigenvalue weighted by Crippen LogP contribution is 2.14. The van der Waals surface area contributed by atoms with Crippen LogP contribution in [0.15, 0.2) is 30.3 Å². The van der Waals surface area contributed by atoms with Crippen LogP contribution in [0.3, 0.4) is 0 Å². The number of nitrogens with one attached hydrogen (secondary N) is 1. The van der Waals surface area contributed by atoms with Crippen molar-refractivity contribution in [3.8, 4) is 0 Å². The molecule has 0 bridgehead atoms. The van der Waals surface area contributed by atoms with Gasteiger partial charge in [0.15, 0.2) is 6.04 Å². The molecule has 2 atom stereocenters. The Bertz CT molecular complexity index is 464. The molecular weight excluding hydrogens is 272 g/mol. The predicted molar refractivity (Wildman–Crippen MR) is 79.1 cm³/mol. The number of amides is 2. The molecule has 2 amide bonds. The maximum atomic E-state index is 12.3. The summed E-state index contributed by atoms with van der Waals surface area (Å²) in [6.07, 6.45) is 0. The minimum atomic E-state index is -1.09. The fourth-order valence-corrected chi connectivity index (χ4v) is 2.13. The molecule has 1 aromatic carbocycles. The summed E-state index contributed by atoms with van der Waals surface area (Å²) in [6.45, 7) is 4.55. The van der Waals surface area contributed by atoms with Gasteiger partial charge in [0, 0.05) is 13.7 Å². The largest absolute Gasteiger partial charge is 0.479 e. The first-order valence-electron chi connectivity index (χ1n) is 6.85. The Morgan fingerprint density at radius 1 is 1.33 bits per heavy atom. The minimum absolute atomic E-state index is 0.134. The maximum Gasteiger partial charge on any atom is 0.330 e. The summed E-state index contributed by atoms with van der Waals surface area (Å²) in [5.41, 5.74) is 0.536. The molecule has 0 fully saturated rings. The van der Waals surface area contributed by atoms with Crippen LogP contribution in [-0.4, -0.2) is 48.3 Å². The van der Waals surface area contributed by atoms with Crippen molar-refractivity contribution in [1.29, 1.82) is 0 Å². The molecule has 0 saturated heterocycles. The fraction of sp³-hybridized carbons (Fsp3) is 0.467. The van der Waals surface area contributed by atoms with Crippen LogP contribution >= 0.6 is 0 Å². The van der Waals surface area contributed by atoms with Gasteiger partial charge in [0.1, 0.15) is 0 Å². The molecule has 6 nitrogen and oxygen atoms in total. The van der Waals surface area contributed by atoms with Gasteiger partial charge in [-0.2, -0.15) is 0 Å². The number of methoxy groups -OCH3 is 1. The Morgan fingerprint density at radius 2 is 1.95 bits per heavy atom. The first-order valence-corrected chi connectivity index (χ1v) is 6.85. The van der Waals surface area contributed by atoms with E-state index in [2.05, 4.69) is 5.32 Å². The lowest BCUT2D eigenvalue weighted by Gasteiger charge is -2.29. The van der Waals surface area contributed by atoms with Crippen molar-refractivity contribution in [3.63, 3.8) is 0 Å². The number of rotatable bonds is 7. The Morgan fingerprint density at radius 3 is 2.43 bits per heavy atom. The number of aliphatic carboxylic acids is 1. The monoisotopic (exact) mass is 294 g/mol. The van der Waals surface area contributed by atoms with Crippen molar-refractivity contribution in [3.05, 3.63) is 35.9 Å². The molecule has 1 aromatic rings. The number of urea groups is 1. The highest BCUT2D eigenvalue weighted by atomic mass is 16.5. The van der Waals surface area contributed by atoms with E-state index in [1.54, 1.807) is 42.3 Å². The van der Waals surface area contributed by atoms with E-state index in [4.69, 9.17) is 4.74 Å². The molecule has 21 heavy (non-hydrogen) atoms. The molecule has 0 aromatic heterocycles. The lowest BCUT2D eigenvalue weighted by molar-refractivity contribution is -0.139. The number of nitrogens with zero attached hydrogens (tertiary/aromatic N) is 1. The fourth-order valence-electron chi connectivity index (χ4n) is 2.13. The van der Waals surface area contributed by atoms with Crippen molar-refractivity contribution < 1.29 is 19.4 Å². The quantitative estimate of drug-likeness (QED) is 0.804. The van der Waals surface area contributed by atoms with Gasteiger partial charge in [-0.25, -0.2) is 9.59 Å². The number of carboxylic acids is 1. The summed E-state index contributed by atoms with van der Waals surface area (Å²) in [6, 6.07) is 7.00. The van der Waals surface area contributed by atoms with Gasteiger partial charge >= 0.3 is 12.0 Å². The number of hydrogen-bond acceptors (Lipinski definition) is 3. The van der Waals surface area contributed by atoms with Gasteiger partial charge in [0.25, 0.3) is 0 Å². The van der Waals surface area contributed by atoms with E-state index in [0.29, 0.717) is 18.7 Å². The Balaban J connectivity index is 2.83. The number of carbonyl (C=O) groups excluding carboxylic acids is 1. The van der Waals surface area contributed by atoms with Gasteiger partial charge < -0.3 is 20.1 Å². The number of hydrogen-bond donors (Lipinski definition) is 2. The van der Waals surface area contributed by atoms with E-state index in [0.717, 1.165) is 0 Å². The molecule has 0 saturated carbocycles. The molecule has 1 unspecified atom stereocenters. The maximum absolute atomic E-state index is 12.3. The Hall–Kier alpha value is -2.08. The average Bonchev–Trinajstić information content (AvgIpc) is 2.46. The summed E-state index contributed by atoms with van der Waals surface area (Å²) in [7, 11) is 1.56. The molecule has 0 aliphatic carbocycles. The molecule has 6 heteroatoms. The smallest absolute Gasteiger partial charge is 0.330 e. The van der Waals surface area contributed by atoms with E-state index >= 15 is 0 Å². The topological polar surface area (TPSA) is 78.9 Å². The molecule has 1 rings (SSSR count). The summed E-state index contributed by atoms with van der Waals surface area (Å²) in [5, 5.41) is 11.9. The van der Waals surface area contributed by atoms with Crippen LogP contribution in [-0.2, 0) is 9.53 Å².